The van der Waals surface area contributed by atoms with E-state index in [1.54, 1.807) is 7.05 Å². The fourth-order valence-electron chi connectivity index (χ4n) is 1.35. The lowest BCUT2D eigenvalue weighted by molar-refractivity contribution is -0.118. The molecule has 0 radical (unpaired) electrons. The fraction of sp³-hybridized carbons (Fsp3) is 0.500. The van der Waals surface area contributed by atoms with Gasteiger partial charge in [0.1, 0.15) is 5.75 Å². The van der Waals surface area contributed by atoms with Crippen molar-refractivity contribution in [3.8, 4) is 5.75 Å². The second-order valence-electron chi connectivity index (χ2n) is 4.58. The predicted octanol–water partition coefficient (Wildman–Crippen LogP) is 2.27. The Morgan fingerprint density at radius 3 is 2.50 bits per heavy atom. The molecule has 0 saturated carbocycles. The summed E-state index contributed by atoms with van der Waals surface area (Å²) in [4.78, 5) is 11.1. The molecular formula is C14H22N2O2. The Labute approximate surface area is 109 Å². The molecule has 1 rings (SSSR count). The van der Waals surface area contributed by atoms with Crippen LogP contribution in [0.15, 0.2) is 24.3 Å². The smallest absolute Gasteiger partial charge is 0.239 e. The van der Waals surface area contributed by atoms with Gasteiger partial charge in [-0.3, -0.25) is 4.79 Å². The van der Waals surface area contributed by atoms with Crippen molar-refractivity contribution in [2.75, 3.05) is 25.5 Å². The first-order valence-corrected chi connectivity index (χ1v) is 6.29. The van der Waals surface area contributed by atoms with E-state index >= 15 is 0 Å². The molecule has 4 heteroatoms. The van der Waals surface area contributed by atoms with E-state index < -0.39 is 0 Å². The van der Waals surface area contributed by atoms with Gasteiger partial charge in [-0.05, 0) is 36.6 Å². The summed E-state index contributed by atoms with van der Waals surface area (Å²) in [7, 11) is 1.62. The number of hydrogen-bond donors (Lipinski definition) is 2. The molecule has 0 fully saturated rings. The normalized spacial score (nSPS) is 10.2. The average molecular weight is 250 g/mol. The van der Waals surface area contributed by atoms with Crippen molar-refractivity contribution in [3.63, 3.8) is 0 Å². The Morgan fingerprint density at radius 1 is 1.28 bits per heavy atom. The molecule has 0 atom stereocenters. The van der Waals surface area contributed by atoms with Crippen molar-refractivity contribution >= 4 is 11.6 Å². The van der Waals surface area contributed by atoms with Gasteiger partial charge in [0, 0.05) is 12.7 Å². The molecular weight excluding hydrogens is 228 g/mol. The second kappa shape index (κ2) is 7.58. The van der Waals surface area contributed by atoms with Crippen LogP contribution < -0.4 is 15.4 Å². The van der Waals surface area contributed by atoms with Gasteiger partial charge in [-0.2, -0.15) is 0 Å². The molecule has 0 spiro atoms. The highest BCUT2D eigenvalue weighted by Gasteiger charge is 1.99. The first kappa shape index (κ1) is 14.4. The molecule has 0 saturated heterocycles. The molecule has 18 heavy (non-hydrogen) atoms. The number of hydrogen-bond acceptors (Lipinski definition) is 3. The zero-order chi connectivity index (χ0) is 13.4. The summed E-state index contributed by atoms with van der Waals surface area (Å²) in [6.07, 6.45) is 1.05. The van der Waals surface area contributed by atoms with Crippen LogP contribution in [-0.4, -0.2) is 26.1 Å². The highest BCUT2D eigenvalue weighted by atomic mass is 16.5. The molecule has 0 heterocycles. The number of amides is 1. The number of nitrogens with one attached hydrogen (secondary N) is 2. The van der Waals surface area contributed by atoms with Crippen LogP contribution in [-0.2, 0) is 4.79 Å². The molecule has 100 valence electrons. The number of rotatable bonds is 7. The summed E-state index contributed by atoms with van der Waals surface area (Å²) in [5, 5.41) is 5.59. The number of benzene rings is 1. The zero-order valence-electron chi connectivity index (χ0n) is 11.3. The minimum Gasteiger partial charge on any atom is -0.494 e. The Morgan fingerprint density at radius 2 is 1.94 bits per heavy atom. The van der Waals surface area contributed by atoms with E-state index in [2.05, 4.69) is 24.5 Å². The third-order valence-electron chi connectivity index (χ3n) is 2.55. The lowest BCUT2D eigenvalue weighted by Gasteiger charge is -2.09. The van der Waals surface area contributed by atoms with Crippen molar-refractivity contribution in [2.45, 2.75) is 20.3 Å². The molecule has 1 aromatic rings. The van der Waals surface area contributed by atoms with Gasteiger partial charge in [-0.25, -0.2) is 0 Å². The van der Waals surface area contributed by atoms with Crippen molar-refractivity contribution in [2.24, 2.45) is 5.92 Å². The van der Waals surface area contributed by atoms with Crippen LogP contribution in [0.2, 0.25) is 0 Å². The van der Waals surface area contributed by atoms with Crippen molar-refractivity contribution in [3.05, 3.63) is 24.3 Å². The molecule has 0 aliphatic carbocycles. The molecule has 2 N–H and O–H groups in total. The zero-order valence-corrected chi connectivity index (χ0v) is 11.3. The molecule has 0 unspecified atom stereocenters. The summed E-state index contributed by atoms with van der Waals surface area (Å²) >= 11 is 0. The fourth-order valence-corrected chi connectivity index (χ4v) is 1.35. The maximum Gasteiger partial charge on any atom is 0.239 e. The quantitative estimate of drug-likeness (QED) is 0.780. The molecule has 0 aliphatic heterocycles. The van der Waals surface area contributed by atoms with Crippen LogP contribution in [0.5, 0.6) is 5.75 Å². The lowest BCUT2D eigenvalue weighted by Crippen LogP contribution is -2.26. The standard InChI is InChI=1S/C14H22N2O2/c1-11(2)8-9-18-13-6-4-12(5-7-13)16-10-14(17)15-3/h4-7,11,16H,8-10H2,1-3H3,(H,15,17). The minimum atomic E-state index is -0.0349. The van der Waals surface area contributed by atoms with Gasteiger partial charge < -0.3 is 15.4 Å². The van der Waals surface area contributed by atoms with Crippen LogP contribution >= 0.6 is 0 Å². The lowest BCUT2D eigenvalue weighted by atomic mass is 10.1. The van der Waals surface area contributed by atoms with Crippen LogP contribution in [0, 0.1) is 5.92 Å². The number of carbonyl (C=O) groups excluding carboxylic acids is 1. The average Bonchev–Trinajstić information content (AvgIpc) is 2.37. The van der Waals surface area contributed by atoms with E-state index in [0.717, 1.165) is 24.5 Å². The van der Waals surface area contributed by atoms with E-state index in [1.165, 1.54) is 0 Å². The summed E-state index contributed by atoms with van der Waals surface area (Å²) in [6.45, 7) is 5.37. The minimum absolute atomic E-state index is 0.0349. The molecule has 4 nitrogen and oxygen atoms in total. The summed E-state index contributed by atoms with van der Waals surface area (Å²) in [5.74, 6) is 1.48. The largest absolute Gasteiger partial charge is 0.494 e. The van der Waals surface area contributed by atoms with Crippen LogP contribution in [0.4, 0.5) is 5.69 Å². The van der Waals surface area contributed by atoms with Gasteiger partial charge in [0.05, 0.1) is 13.2 Å². The number of carbonyl (C=O) groups is 1. The third-order valence-corrected chi connectivity index (χ3v) is 2.55. The van der Waals surface area contributed by atoms with E-state index in [1.807, 2.05) is 24.3 Å². The van der Waals surface area contributed by atoms with Gasteiger partial charge in [0.2, 0.25) is 5.91 Å². The summed E-state index contributed by atoms with van der Waals surface area (Å²) < 4.78 is 5.61. The molecule has 0 aromatic heterocycles. The highest BCUT2D eigenvalue weighted by Crippen LogP contribution is 2.16. The molecule has 1 aromatic carbocycles. The topological polar surface area (TPSA) is 50.4 Å². The summed E-state index contributed by atoms with van der Waals surface area (Å²) in [6, 6.07) is 7.64. The highest BCUT2D eigenvalue weighted by molar-refractivity contribution is 5.80. The van der Waals surface area contributed by atoms with Crippen molar-refractivity contribution < 1.29 is 9.53 Å². The van der Waals surface area contributed by atoms with Gasteiger partial charge in [0.25, 0.3) is 0 Å². The maximum atomic E-state index is 11.1. The first-order chi connectivity index (χ1) is 8.61. The van der Waals surface area contributed by atoms with Gasteiger partial charge in [-0.1, -0.05) is 13.8 Å². The molecule has 1 amide bonds. The first-order valence-electron chi connectivity index (χ1n) is 6.29. The van der Waals surface area contributed by atoms with Crippen LogP contribution in [0.25, 0.3) is 0 Å². The Hall–Kier alpha value is -1.71. The Balaban J connectivity index is 2.35. The third kappa shape index (κ3) is 5.57. The van der Waals surface area contributed by atoms with E-state index in [4.69, 9.17) is 4.74 Å². The monoisotopic (exact) mass is 250 g/mol. The molecule has 0 bridgehead atoms. The van der Waals surface area contributed by atoms with Crippen LogP contribution in [0.1, 0.15) is 20.3 Å². The van der Waals surface area contributed by atoms with E-state index in [0.29, 0.717) is 5.92 Å². The SMILES string of the molecule is CNC(=O)CNc1ccc(OCCC(C)C)cc1. The van der Waals surface area contributed by atoms with Crippen molar-refractivity contribution in [1.29, 1.82) is 0 Å². The van der Waals surface area contributed by atoms with Crippen LogP contribution in [0.3, 0.4) is 0 Å². The van der Waals surface area contributed by atoms with Gasteiger partial charge in [0.15, 0.2) is 0 Å². The second-order valence-corrected chi connectivity index (χ2v) is 4.58. The number of anilines is 1. The predicted molar refractivity (Wildman–Crippen MR) is 73.9 cm³/mol. The van der Waals surface area contributed by atoms with E-state index in [-0.39, 0.29) is 12.5 Å². The van der Waals surface area contributed by atoms with Gasteiger partial charge in [-0.15, -0.1) is 0 Å². The Bertz CT molecular complexity index is 361. The van der Waals surface area contributed by atoms with E-state index in [9.17, 15) is 4.79 Å². The Kier molecular flexibility index (Phi) is 6.05. The summed E-state index contributed by atoms with van der Waals surface area (Å²) in [5.41, 5.74) is 0.912. The number of likely N-dealkylation sites (N-methyl/N-ethyl adjacent to an activating group) is 1. The van der Waals surface area contributed by atoms with Gasteiger partial charge >= 0.3 is 0 Å². The molecule has 0 aliphatic rings. The maximum absolute atomic E-state index is 11.1. The van der Waals surface area contributed by atoms with Crippen molar-refractivity contribution in [1.82, 2.24) is 5.32 Å². The number of ether oxygens (including phenoxy) is 1.